The Kier molecular flexibility index (Phi) is 6.56. The van der Waals surface area contributed by atoms with Crippen molar-refractivity contribution in [3.8, 4) is 33.4 Å². The predicted molar refractivity (Wildman–Crippen MR) is 243 cm³/mol. The molecule has 2 heterocycles. The number of anilines is 3. The number of benzene rings is 9. The minimum absolute atomic E-state index is 0.421. The molecule has 2 nitrogen and oxygen atoms in total. The third-order valence-electron chi connectivity index (χ3n) is 12.7. The Morgan fingerprint density at radius 1 is 0.397 bits per heavy atom. The molecule has 2 aliphatic carbocycles. The number of furan rings is 1. The first-order valence-electron chi connectivity index (χ1n) is 19.9. The van der Waals surface area contributed by atoms with Crippen LogP contribution < -0.4 is 4.90 Å². The molecule has 9 aromatic carbocycles. The van der Waals surface area contributed by atoms with Crippen LogP contribution in [-0.4, -0.2) is 0 Å². The minimum atomic E-state index is -0.421. The maximum atomic E-state index is 6.99. The van der Waals surface area contributed by atoms with Gasteiger partial charge in [0.05, 0.1) is 11.1 Å². The van der Waals surface area contributed by atoms with Gasteiger partial charge in [0.2, 0.25) is 0 Å². The average molecular weight is 756 g/mol. The summed E-state index contributed by atoms with van der Waals surface area (Å²) >= 11 is 1.83. The maximum Gasteiger partial charge on any atom is 0.144 e. The Balaban J connectivity index is 1.04. The van der Waals surface area contributed by atoms with Crippen molar-refractivity contribution in [1.29, 1.82) is 0 Å². The maximum absolute atomic E-state index is 6.99. The Labute approximate surface area is 339 Å². The third kappa shape index (κ3) is 4.16. The van der Waals surface area contributed by atoms with Crippen LogP contribution in [-0.2, 0) is 5.41 Å². The van der Waals surface area contributed by atoms with Crippen LogP contribution in [0.3, 0.4) is 0 Å². The molecule has 0 atom stereocenters. The van der Waals surface area contributed by atoms with Crippen molar-refractivity contribution in [2.45, 2.75) is 5.41 Å². The Morgan fingerprint density at radius 2 is 0.983 bits per heavy atom. The molecular formula is C55H33NOS. The first kappa shape index (κ1) is 31.9. The Morgan fingerprint density at radius 3 is 1.79 bits per heavy atom. The molecule has 0 aliphatic heterocycles. The average Bonchev–Trinajstić information content (AvgIpc) is 4.02. The summed E-state index contributed by atoms with van der Waals surface area (Å²) in [5.74, 6) is 0. The fourth-order valence-corrected chi connectivity index (χ4v) is 11.5. The number of hydrogen-bond donors (Lipinski definition) is 0. The number of rotatable bonds is 4. The van der Waals surface area contributed by atoms with E-state index < -0.39 is 5.41 Å². The van der Waals surface area contributed by atoms with E-state index in [9.17, 15) is 0 Å². The van der Waals surface area contributed by atoms with E-state index in [-0.39, 0.29) is 0 Å². The second-order valence-corrected chi connectivity index (χ2v) is 16.6. The molecule has 58 heavy (non-hydrogen) atoms. The van der Waals surface area contributed by atoms with Crippen molar-refractivity contribution in [2.24, 2.45) is 0 Å². The van der Waals surface area contributed by atoms with Crippen molar-refractivity contribution in [1.82, 2.24) is 0 Å². The van der Waals surface area contributed by atoms with Gasteiger partial charge in [0.1, 0.15) is 11.2 Å². The predicted octanol–water partition coefficient (Wildman–Crippen LogP) is 15.4. The van der Waals surface area contributed by atoms with E-state index in [0.717, 1.165) is 50.1 Å². The molecule has 0 bridgehead atoms. The summed E-state index contributed by atoms with van der Waals surface area (Å²) in [5, 5.41) is 4.73. The van der Waals surface area contributed by atoms with Crippen LogP contribution in [0.25, 0.3) is 75.5 Å². The lowest BCUT2D eigenvalue weighted by atomic mass is 9.70. The van der Waals surface area contributed by atoms with Crippen LogP contribution >= 0.6 is 11.3 Å². The highest BCUT2D eigenvalue weighted by atomic mass is 32.1. The first-order chi connectivity index (χ1) is 28.8. The summed E-state index contributed by atoms with van der Waals surface area (Å²) in [6.45, 7) is 0. The molecule has 0 saturated heterocycles. The van der Waals surface area contributed by atoms with Crippen molar-refractivity contribution in [3.05, 3.63) is 222 Å². The number of para-hydroxylation sites is 2. The zero-order chi connectivity index (χ0) is 38.0. The molecule has 270 valence electrons. The molecule has 0 unspecified atom stereocenters. The Hall–Kier alpha value is -7.20. The monoisotopic (exact) mass is 755 g/mol. The molecule has 1 spiro atoms. The van der Waals surface area contributed by atoms with E-state index >= 15 is 0 Å². The summed E-state index contributed by atoms with van der Waals surface area (Å²) in [4.78, 5) is 2.45. The van der Waals surface area contributed by atoms with Crippen molar-refractivity contribution >= 4 is 70.5 Å². The molecule has 0 saturated carbocycles. The van der Waals surface area contributed by atoms with Crippen LogP contribution in [0, 0.1) is 0 Å². The minimum Gasteiger partial charge on any atom is -0.455 e. The van der Waals surface area contributed by atoms with E-state index in [4.69, 9.17) is 4.42 Å². The largest absolute Gasteiger partial charge is 0.455 e. The van der Waals surface area contributed by atoms with E-state index in [1.54, 1.807) is 0 Å². The van der Waals surface area contributed by atoms with Gasteiger partial charge in [0.15, 0.2) is 0 Å². The van der Waals surface area contributed by atoms with E-state index in [0.29, 0.717) is 0 Å². The molecule has 0 fully saturated rings. The SMILES string of the molecule is c1ccc(N(c2cccc(-c3cccc4c3oc3c4ccc4sc5ccccc5c43)c2)c2cccc3c2-c2ccccc2C32c3ccccc3-c3ccccc32)cc1. The van der Waals surface area contributed by atoms with Gasteiger partial charge >= 0.3 is 0 Å². The van der Waals surface area contributed by atoms with Gasteiger partial charge in [-0.05, 0) is 93.0 Å². The van der Waals surface area contributed by atoms with E-state index in [1.807, 2.05) is 11.3 Å². The fourth-order valence-electron chi connectivity index (χ4n) is 10.4. The lowest BCUT2D eigenvalue weighted by molar-refractivity contribution is 0.674. The summed E-state index contributed by atoms with van der Waals surface area (Å²) in [6, 6.07) is 73.6. The number of fused-ring (bicyclic) bond motifs is 17. The van der Waals surface area contributed by atoms with Gasteiger partial charge in [-0.3, -0.25) is 0 Å². The van der Waals surface area contributed by atoms with Crippen LogP contribution in [0.2, 0.25) is 0 Å². The van der Waals surface area contributed by atoms with Crippen LogP contribution in [0.15, 0.2) is 205 Å². The van der Waals surface area contributed by atoms with Gasteiger partial charge in [-0.15, -0.1) is 11.3 Å². The van der Waals surface area contributed by atoms with Gasteiger partial charge in [-0.25, -0.2) is 0 Å². The normalized spacial score (nSPS) is 13.3. The second kappa shape index (κ2) is 11.9. The number of hydrogen-bond acceptors (Lipinski definition) is 3. The van der Waals surface area contributed by atoms with E-state index in [1.165, 1.54) is 64.7 Å². The highest BCUT2D eigenvalue weighted by Crippen LogP contribution is 2.64. The van der Waals surface area contributed by atoms with Gasteiger partial charge in [0.25, 0.3) is 0 Å². The zero-order valence-electron chi connectivity index (χ0n) is 31.3. The molecule has 2 aromatic heterocycles. The Bertz CT molecular complexity index is 3430. The second-order valence-electron chi connectivity index (χ2n) is 15.5. The molecule has 11 aromatic rings. The van der Waals surface area contributed by atoms with Gasteiger partial charge in [-0.2, -0.15) is 0 Å². The molecule has 0 N–H and O–H groups in total. The first-order valence-corrected chi connectivity index (χ1v) is 20.7. The molecule has 13 rings (SSSR count). The molecular weight excluding hydrogens is 723 g/mol. The van der Waals surface area contributed by atoms with Gasteiger partial charge < -0.3 is 9.32 Å². The topological polar surface area (TPSA) is 16.4 Å². The standard InChI is InChI=1S/C55H33NOS/c1-2-16-35(17-3-1)56(48-29-14-28-47-51(48)42-21-6-10-27-46(42)55(47)44-25-8-4-19-38(44)39-20-5-9-26-45(39)55)36-18-12-15-34(33-36)37-23-13-24-40-41-31-32-50-52(54(41)57-53(37)40)43-22-7-11-30-49(43)58-50/h1-33H. The third-order valence-corrected chi connectivity index (χ3v) is 13.8. The van der Waals surface area contributed by atoms with Gasteiger partial charge in [-0.1, -0.05) is 152 Å². The smallest absolute Gasteiger partial charge is 0.144 e. The lowest BCUT2D eigenvalue weighted by Crippen LogP contribution is -2.26. The lowest BCUT2D eigenvalue weighted by Gasteiger charge is -2.32. The molecule has 3 heteroatoms. The van der Waals surface area contributed by atoms with Crippen LogP contribution in [0.4, 0.5) is 17.1 Å². The van der Waals surface area contributed by atoms with Crippen LogP contribution in [0.1, 0.15) is 22.3 Å². The van der Waals surface area contributed by atoms with E-state index in [2.05, 4.69) is 205 Å². The highest BCUT2D eigenvalue weighted by molar-refractivity contribution is 7.26. The zero-order valence-corrected chi connectivity index (χ0v) is 32.1. The van der Waals surface area contributed by atoms with Crippen LogP contribution in [0.5, 0.6) is 0 Å². The number of nitrogens with zero attached hydrogens (tertiary/aromatic N) is 1. The quantitative estimate of drug-likeness (QED) is 0.178. The van der Waals surface area contributed by atoms with Crippen molar-refractivity contribution in [3.63, 3.8) is 0 Å². The molecule has 0 radical (unpaired) electrons. The molecule has 2 aliphatic rings. The molecule has 0 amide bonds. The van der Waals surface area contributed by atoms with Crippen molar-refractivity contribution < 1.29 is 4.42 Å². The number of thiophene rings is 1. The summed E-state index contributed by atoms with van der Waals surface area (Å²) in [6.07, 6.45) is 0. The fraction of sp³-hybridized carbons (Fsp3) is 0.0182. The van der Waals surface area contributed by atoms with Crippen molar-refractivity contribution in [2.75, 3.05) is 4.90 Å². The summed E-state index contributed by atoms with van der Waals surface area (Å²) in [7, 11) is 0. The summed E-state index contributed by atoms with van der Waals surface area (Å²) in [5.41, 5.74) is 17.5. The van der Waals surface area contributed by atoms with Gasteiger partial charge in [0, 0.05) is 53.4 Å². The summed E-state index contributed by atoms with van der Waals surface area (Å²) < 4.78 is 9.52. The highest BCUT2D eigenvalue weighted by Gasteiger charge is 2.52.